The average molecular weight is 208 g/mol. The largest absolute Gasteiger partial charge is 0.481 e. The Morgan fingerprint density at radius 2 is 2.23 bits per heavy atom. The lowest BCUT2D eigenvalue weighted by Crippen LogP contribution is -2.49. The van der Waals surface area contributed by atoms with E-state index in [0.29, 0.717) is 6.42 Å². The second kappa shape index (κ2) is 4.82. The maximum absolute atomic E-state index is 11.0. The van der Waals surface area contributed by atoms with E-state index < -0.39 is 11.4 Å². The Labute approximate surface area is 85.1 Å². The Kier molecular flexibility index (Phi) is 4.71. The zero-order valence-electron chi connectivity index (χ0n) is 7.95. The SMILES string of the molecule is CCC1(C(=O)O)CCCCC1N.Cl. The average Bonchev–Trinajstić information content (AvgIpc) is 2.05. The number of rotatable bonds is 2. The van der Waals surface area contributed by atoms with Gasteiger partial charge in [-0.2, -0.15) is 0 Å². The van der Waals surface area contributed by atoms with E-state index in [0.717, 1.165) is 25.7 Å². The predicted octanol–water partition coefficient (Wildman–Crippen LogP) is 1.79. The molecule has 1 aliphatic carbocycles. The molecule has 1 fully saturated rings. The lowest BCUT2D eigenvalue weighted by molar-refractivity contribution is -0.152. The zero-order valence-corrected chi connectivity index (χ0v) is 8.77. The molecule has 1 saturated carbocycles. The fraction of sp³-hybridized carbons (Fsp3) is 0.889. The maximum Gasteiger partial charge on any atom is 0.311 e. The molecule has 0 spiro atoms. The molecular weight excluding hydrogens is 190 g/mol. The van der Waals surface area contributed by atoms with Crippen molar-refractivity contribution in [1.29, 1.82) is 0 Å². The molecule has 2 atom stereocenters. The summed E-state index contributed by atoms with van der Waals surface area (Å²) in [5.41, 5.74) is 5.22. The first kappa shape index (κ1) is 12.7. The van der Waals surface area contributed by atoms with Crippen LogP contribution in [0.3, 0.4) is 0 Å². The number of nitrogens with two attached hydrogens (primary N) is 1. The van der Waals surface area contributed by atoms with E-state index in [1.54, 1.807) is 0 Å². The Morgan fingerprint density at radius 3 is 2.54 bits per heavy atom. The molecule has 0 amide bonds. The minimum Gasteiger partial charge on any atom is -0.481 e. The van der Waals surface area contributed by atoms with Crippen LogP contribution in [0.25, 0.3) is 0 Å². The summed E-state index contributed by atoms with van der Waals surface area (Å²) in [6, 6.07) is -0.145. The van der Waals surface area contributed by atoms with E-state index >= 15 is 0 Å². The molecule has 0 aromatic carbocycles. The molecule has 78 valence electrons. The zero-order chi connectivity index (χ0) is 9.19. The van der Waals surface area contributed by atoms with Crippen LogP contribution >= 0.6 is 12.4 Å². The summed E-state index contributed by atoms with van der Waals surface area (Å²) in [5.74, 6) is -0.711. The number of aliphatic carboxylic acids is 1. The smallest absolute Gasteiger partial charge is 0.311 e. The summed E-state index contributed by atoms with van der Waals surface area (Å²) in [4.78, 5) is 11.0. The molecule has 1 rings (SSSR count). The minimum absolute atomic E-state index is 0. The van der Waals surface area contributed by atoms with Crippen molar-refractivity contribution >= 4 is 18.4 Å². The molecule has 0 aromatic heterocycles. The first-order valence-electron chi connectivity index (χ1n) is 4.62. The third-order valence-corrected chi connectivity index (χ3v) is 3.15. The van der Waals surface area contributed by atoms with E-state index in [2.05, 4.69) is 0 Å². The summed E-state index contributed by atoms with van der Waals surface area (Å²) >= 11 is 0. The quantitative estimate of drug-likeness (QED) is 0.726. The molecule has 3 N–H and O–H groups in total. The fourth-order valence-corrected chi connectivity index (χ4v) is 2.12. The van der Waals surface area contributed by atoms with Crippen molar-refractivity contribution in [3.05, 3.63) is 0 Å². The molecule has 2 unspecified atom stereocenters. The lowest BCUT2D eigenvalue weighted by Gasteiger charge is -2.37. The van der Waals surface area contributed by atoms with Crippen LogP contribution in [0.1, 0.15) is 39.0 Å². The van der Waals surface area contributed by atoms with Gasteiger partial charge in [-0.05, 0) is 19.3 Å². The molecule has 0 heterocycles. The molecule has 0 aromatic rings. The highest BCUT2D eigenvalue weighted by Crippen LogP contribution is 2.38. The van der Waals surface area contributed by atoms with Gasteiger partial charge in [0, 0.05) is 6.04 Å². The van der Waals surface area contributed by atoms with Gasteiger partial charge in [0.2, 0.25) is 0 Å². The molecule has 3 nitrogen and oxygen atoms in total. The number of hydrogen-bond acceptors (Lipinski definition) is 2. The maximum atomic E-state index is 11.0. The topological polar surface area (TPSA) is 63.3 Å². The summed E-state index contributed by atoms with van der Waals surface area (Å²) in [7, 11) is 0. The molecule has 0 saturated heterocycles. The van der Waals surface area contributed by atoms with E-state index in [-0.39, 0.29) is 18.4 Å². The van der Waals surface area contributed by atoms with Crippen molar-refractivity contribution in [3.8, 4) is 0 Å². The summed E-state index contributed by atoms with van der Waals surface area (Å²) in [5, 5.41) is 9.08. The van der Waals surface area contributed by atoms with Gasteiger partial charge in [-0.3, -0.25) is 4.79 Å². The predicted molar refractivity (Wildman–Crippen MR) is 54.1 cm³/mol. The monoisotopic (exact) mass is 207 g/mol. The van der Waals surface area contributed by atoms with Gasteiger partial charge in [-0.1, -0.05) is 19.8 Å². The van der Waals surface area contributed by atoms with Gasteiger partial charge in [0.1, 0.15) is 0 Å². The van der Waals surface area contributed by atoms with E-state index in [1.807, 2.05) is 6.92 Å². The van der Waals surface area contributed by atoms with Gasteiger partial charge in [0.15, 0.2) is 0 Å². The second-order valence-corrected chi connectivity index (χ2v) is 3.67. The van der Waals surface area contributed by atoms with Gasteiger partial charge in [0.25, 0.3) is 0 Å². The van der Waals surface area contributed by atoms with E-state index in [4.69, 9.17) is 10.8 Å². The van der Waals surface area contributed by atoms with E-state index in [1.165, 1.54) is 0 Å². The summed E-state index contributed by atoms with van der Waals surface area (Å²) in [6.45, 7) is 1.92. The molecular formula is C9H18ClNO2. The number of carboxylic acids is 1. The second-order valence-electron chi connectivity index (χ2n) is 3.67. The molecule has 0 bridgehead atoms. The summed E-state index contributed by atoms with van der Waals surface area (Å²) in [6.07, 6.45) is 4.35. The van der Waals surface area contributed by atoms with Gasteiger partial charge < -0.3 is 10.8 Å². The lowest BCUT2D eigenvalue weighted by atomic mass is 9.69. The van der Waals surface area contributed by atoms with Crippen molar-refractivity contribution < 1.29 is 9.90 Å². The van der Waals surface area contributed by atoms with Crippen molar-refractivity contribution in [3.63, 3.8) is 0 Å². The van der Waals surface area contributed by atoms with Crippen LogP contribution in [0.4, 0.5) is 0 Å². The molecule has 1 aliphatic rings. The highest BCUT2D eigenvalue weighted by atomic mass is 35.5. The molecule has 0 aliphatic heterocycles. The van der Waals surface area contributed by atoms with Crippen molar-refractivity contribution in [2.75, 3.05) is 0 Å². The highest BCUT2D eigenvalue weighted by molar-refractivity contribution is 5.85. The Bertz CT molecular complexity index is 186. The first-order valence-corrected chi connectivity index (χ1v) is 4.62. The minimum atomic E-state index is -0.711. The van der Waals surface area contributed by atoms with Gasteiger partial charge in [-0.25, -0.2) is 0 Å². The Balaban J connectivity index is 0.00000144. The van der Waals surface area contributed by atoms with Crippen LogP contribution in [-0.2, 0) is 4.79 Å². The van der Waals surface area contributed by atoms with Crippen LogP contribution in [0.2, 0.25) is 0 Å². The Morgan fingerprint density at radius 1 is 1.62 bits per heavy atom. The number of carbonyl (C=O) groups is 1. The number of hydrogen-bond donors (Lipinski definition) is 2. The van der Waals surface area contributed by atoms with Crippen LogP contribution < -0.4 is 5.73 Å². The number of carboxylic acid groups (broad SMARTS) is 1. The van der Waals surface area contributed by atoms with Crippen molar-refractivity contribution in [1.82, 2.24) is 0 Å². The third-order valence-electron chi connectivity index (χ3n) is 3.15. The van der Waals surface area contributed by atoms with E-state index in [9.17, 15) is 4.79 Å². The van der Waals surface area contributed by atoms with Crippen LogP contribution in [0, 0.1) is 5.41 Å². The first-order chi connectivity index (χ1) is 5.63. The highest BCUT2D eigenvalue weighted by Gasteiger charge is 2.43. The third kappa shape index (κ3) is 2.15. The molecule has 0 radical (unpaired) electrons. The van der Waals surface area contributed by atoms with Crippen LogP contribution in [0.5, 0.6) is 0 Å². The van der Waals surface area contributed by atoms with Crippen LogP contribution in [-0.4, -0.2) is 17.1 Å². The standard InChI is InChI=1S/C9H17NO2.ClH/c1-2-9(8(11)12)6-4-3-5-7(9)10;/h7H,2-6,10H2,1H3,(H,11,12);1H. The van der Waals surface area contributed by atoms with Crippen molar-refractivity contribution in [2.24, 2.45) is 11.1 Å². The summed E-state index contributed by atoms with van der Waals surface area (Å²) < 4.78 is 0. The Hall–Kier alpha value is -0.280. The number of halogens is 1. The molecule has 4 heteroatoms. The fourth-order valence-electron chi connectivity index (χ4n) is 2.12. The van der Waals surface area contributed by atoms with Crippen LogP contribution in [0.15, 0.2) is 0 Å². The normalized spacial score (nSPS) is 33.5. The van der Waals surface area contributed by atoms with Gasteiger partial charge in [0.05, 0.1) is 5.41 Å². The molecule has 13 heavy (non-hydrogen) atoms. The van der Waals surface area contributed by atoms with Gasteiger partial charge >= 0.3 is 5.97 Å². The van der Waals surface area contributed by atoms with Crippen molar-refractivity contribution in [2.45, 2.75) is 45.1 Å². The van der Waals surface area contributed by atoms with Gasteiger partial charge in [-0.15, -0.1) is 12.4 Å².